The SMILES string of the molecule is CNC(=O)OCC=C(C)C[C@H](C)[C@@H](O)[C@H](C)C(=O)[C@H](C)C=C(C)C=CC[C@@H](C)C=C(C)C=C[C@H]1CC=CC(=O)O1. The number of ketones is 1. The molecule has 0 spiro atoms. The van der Waals surface area contributed by atoms with Gasteiger partial charge in [-0.1, -0.05) is 80.9 Å². The monoisotopic (exact) mass is 555 g/mol. The molecule has 0 aromatic heterocycles. The molecule has 0 aromatic rings. The van der Waals surface area contributed by atoms with Crippen molar-refractivity contribution in [3.8, 4) is 0 Å². The summed E-state index contributed by atoms with van der Waals surface area (Å²) < 4.78 is 10.2. The molecule has 40 heavy (non-hydrogen) atoms. The van der Waals surface area contributed by atoms with Gasteiger partial charge in [-0.15, -0.1) is 0 Å². The van der Waals surface area contributed by atoms with Crippen molar-refractivity contribution in [3.63, 3.8) is 0 Å². The highest BCUT2D eigenvalue weighted by Crippen LogP contribution is 2.24. The Bertz CT molecular complexity index is 1030. The van der Waals surface area contributed by atoms with Crippen molar-refractivity contribution in [2.45, 2.75) is 79.9 Å². The van der Waals surface area contributed by atoms with Gasteiger partial charge in [0.05, 0.1) is 6.10 Å². The van der Waals surface area contributed by atoms with Crippen molar-refractivity contribution >= 4 is 17.8 Å². The quantitative estimate of drug-likeness (QED) is 0.137. The van der Waals surface area contributed by atoms with Crippen LogP contribution in [0.2, 0.25) is 0 Å². The third-order valence-corrected chi connectivity index (χ3v) is 6.90. The van der Waals surface area contributed by atoms with Gasteiger partial charge in [0, 0.05) is 31.4 Å². The molecule has 1 amide bonds. The summed E-state index contributed by atoms with van der Waals surface area (Å²) >= 11 is 0. The minimum Gasteiger partial charge on any atom is -0.455 e. The summed E-state index contributed by atoms with van der Waals surface area (Å²) in [5.74, 6) is -0.892. The Morgan fingerprint density at radius 3 is 2.45 bits per heavy atom. The number of carbonyl (C=O) groups is 3. The average Bonchev–Trinajstić information content (AvgIpc) is 2.90. The molecule has 7 nitrogen and oxygen atoms in total. The van der Waals surface area contributed by atoms with Gasteiger partial charge >= 0.3 is 12.1 Å². The second-order valence-electron chi connectivity index (χ2n) is 11.0. The third-order valence-electron chi connectivity index (χ3n) is 6.90. The van der Waals surface area contributed by atoms with E-state index in [1.165, 1.54) is 13.1 Å². The van der Waals surface area contributed by atoms with Crippen LogP contribution in [0, 0.1) is 23.7 Å². The fourth-order valence-corrected chi connectivity index (χ4v) is 4.60. The van der Waals surface area contributed by atoms with Gasteiger partial charge in [0.2, 0.25) is 0 Å². The minimum atomic E-state index is -0.769. The fraction of sp³-hybridized carbons (Fsp3) is 0.545. The Morgan fingerprint density at radius 2 is 1.80 bits per heavy atom. The lowest BCUT2D eigenvalue weighted by atomic mass is 9.83. The molecule has 222 valence electrons. The second kappa shape index (κ2) is 18.2. The summed E-state index contributed by atoms with van der Waals surface area (Å²) in [7, 11) is 1.50. The summed E-state index contributed by atoms with van der Waals surface area (Å²) in [5.41, 5.74) is 3.11. The van der Waals surface area contributed by atoms with Crippen LogP contribution in [0.15, 0.2) is 71.4 Å². The molecule has 0 fully saturated rings. The van der Waals surface area contributed by atoms with E-state index in [0.717, 1.165) is 23.1 Å². The molecule has 1 heterocycles. The Kier molecular flexibility index (Phi) is 15.9. The molecule has 2 N–H and O–H groups in total. The van der Waals surface area contributed by atoms with Crippen molar-refractivity contribution < 1.29 is 29.0 Å². The summed E-state index contributed by atoms with van der Waals surface area (Å²) in [6.45, 7) is 13.8. The molecule has 0 saturated carbocycles. The number of allylic oxidation sites excluding steroid dienone is 8. The van der Waals surface area contributed by atoms with Crippen molar-refractivity contribution in [3.05, 3.63) is 71.4 Å². The first-order valence-corrected chi connectivity index (χ1v) is 14.1. The zero-order valence-electron chi connectivity index (χ0n) is 25.5. The van der Waals surface area contributed by atoms with Gasteiger partial charge in [-0.25, -0.2) is 9.59 Å². The third kappa shape index (κ3) is 13.7. The van der Waals surface area contributed by atoms with Crippen LogP contribution in [-0.4, -0.2) is 48.8 Å². The lowest BCUT2D eigenvalue weighted by Gasteiger charge is -2.26. The first kappa shape index (κ1) is 34.8. The van der Waals surface area contributed by atoms with E-state index < -0.39 is 18.1 Å². The van der Waals surface area contributed by atoms with Gasteiger partial charge in [0.1, 0.15) is 18.5 Å². The smallest absolute Gasteiger partial charge is 0.407 e. The van der Waals surface area contributed by atoms with Gasteiger partial charge in [-0.3, -0.25) is 4.79 Å². The predicted molar refractivity (Wildman–Crippen MR) is 160 cm³/mol. The molecule has 0 radical (unpaired) electrons. The van der Waals surface area contributed by atoms with E-state index in [4.69, 9.17) is 9.47 Å². The maximum Gasteiger partial charge on any atom is 0.407 e. The summed E-state index contributed by atoms with van der Waals surface area (Å²) in [5, 5.41) is 13.2. The van der Waals surface area contributed by atoms with Crippen LogP contribution in [0.4, 0.5) is 4.79 Å². The van der Waals surface area contributed by atoms with Crippen LogP contribution >= 0.6 is 0 Å². The molecular weight excluding hydrogens is 506 g/mol. The zero-order chi connectivity index (χ0) is 30.2. The predicted octanol–water partition coefficient (Wildman–Crippen LogP) is 6.42. The van der Waals surface area contributed by atoms with E-state index in [0.29, 0.717) is 18.8 Å². The highest BCUT2D eigenvalue weighted by Gasteiger charge is 2.29. The largest absolute Gasteiger partial charge is 0.455 e. The zero-order valence-corrected chi connectivity index (χ0v) is 25.5. The molecule has 1 rings (SSSR count). The molecule has 0 bridgehead atoms. The number of amides is 1. The highest BCUT2D eigenvalue weighted by molar-refractivity contribution is 5.85. The van der Waals surface area contributed by atoms with E-state index in [2.05, 4.69) is 24.4 Å². The minimum absolute atomic E-state index is 0.00883. The first-order chi connectivity index (χ1) is 18.8. The Hall–Kier alpha value is -3.19. The molecule has 7 heteroatoms. The van der Waals surface area contributed by atoms with Gasteiger partial charge in [0.25, 0.3) is 0 Å². The Morgan fingerprint density at radius 1 is 1.12 bits per heavy atom. The maximum atomic E-state index is 13.0. The molecular formula is C33H49NO6. The van der Waals surface area contributed by atoms with E-state index in [1.807, 2.05) is 71.1 Å². The summed E-state index contributed by atoms with van der Waals surface area (Å²) in [6, 6.07) is 0. The highest BCUT2D eigenvalue weighted by atomic mass is 16.5. The van der Waals surface area contributed by atoms with E-state index in [-0.39, 0.29) is 36.3 Å². The standard InChI is InChI=1S/C33H49NO6/c1-22(19-24(3)15-16-29-13-10-14-30(35)40-29)11-9-12-23(2)20-26(5)31(36)28(7)32(37)27(6)21-25(4)17-18-39-33(38)34-8/h9-10,12,14-17,19-20,22,26-29,32,37H,11,13,18,21H2,1-8H3,(H,34,38)/t22-,26-,27+,28-,29-,32-/m1/s1. The molecule has 1 aliphatic heterocycles. The number of hydrogen-bond acceptors (Lipinski definition) is 6. The number of hydrogen-bond donors (Lipinski definition) is 2. The second-order valence-corrected chi connectivity index (χ2v) is 11.0. The Balaban J connectivity index is 2.57. The number of aliphatic hydroxyl groups excluding tert-OH is 1. The number of Topliss-reactive ketones (excluding diaryl/α,β-unsaturated/α-hetero) is 1. The number of rotatable bonds is 15. The first-order valence-electron chi connectivity index (χ1n) is 14.1. The Labute approximate surface area is 240 Å². The van der Waals surface area contributed by atoms with Gasteiger partial charge in [-0.2, -0.15) is 0 Å². The van der Waals surface area contributed by atoms with Gasteiger partial charge in [0.15, 0.2) is 0 Å². The number of aliphatic hydroxyl groups is 1. The van der Waals surface area contributed by atoms with Crippen LogP contribution in [0.3, 0.4) is 0 Å². The molecule has 0 aliphatic carbocycles. The van der Waals surface area contributed by atoms with Crippen molar-refractivity contribution in [2.24, 2.45) is 23.7 Å². The van der Waals surface area contributed by atoms with Crippen molar-refractivity contribution in [1.82, 2.24) is 5.32 Å². The molecule has 1 aliphatic rings. The van der Waals surface area contributed by atoms with Crippen LogP contribution < -0.4 is 5.32 Å². The van der Waals surface area contributed by atoms with E-state index in [9.17, 15) is 19.5 Å². The molecule has 0 unspecified atom stereocenters. The summed E-state index contributed by atoms with van der Waals surface area (Å²) in [4.78, 5) is 35.5. The number of alkyl carbamates (subject to hydrolysis) is 1. The van der Waals surface area contributed by atoms with Crippen LogP contribution in [0.25, 0.3) is 0 Å². The van der Waals surface area contributed by atoms with Crippen molar-refractivity contribution in [2.75, 3.05) is 13.7 Å². The van der Waals surface area contributed by atoms with Gasteiger partial charge in [-0.05, 0) is 57.6 Å². The van der Waals surface area contributed by atoms with Crippen LogP contribution in [-0.2, 0) is 19.1 Å². The van der Waals surface area contributed by atoms with Gasteiger partial charge < -0.3 is 19.9 Å². The van der Waals surface area contributed by atoms with Crippen LogP contribution in [0.1, 0.15) is 67.7 Å². The van der Waals surface area contributed by atoms with E-state index in [1.54, 1.807) is 6.92 Å². The molecule has 0 saturated heterocycles. The lowest BCUT2D eigenvalue weighted by molar-refractivity contribution is -0.141. The average molecular weight is 556 g/mol. The number of carbonyl (C=O) groups excluding carboxylic acids is 3. The van der Waals surface area contributed by atoms with Crippen LogP contribution in [0.5, 0.6) is 0 Å². The number of nitrogens with one attached hydrogen (secondary N) is 1. The number of ether oxygens (including phenoxy) is 2. The lowest BCUT2D eigenvalue weighted by Crippen LogP contribution is -2.34. The topological polar surface area (TPSA) is 102 Å². The number of cyclic esters (lactones) is 1. The summed E-state index contributed by atoms with van der Waals surface area (Å²) in [6.07, 6.45) is 18.0. The van der Waals surface area contributed by atoms with Crippen molar-refractivity contribution in [1.29, 1.82) is 0 Å². The fourth-order valence-electron chi connectivity index (χ4n) is 4.60. The maximum absolute atomic E-state index is 13.0. The van der Waals surface area contributed by atoms with E-state index >= 15 is 0 Å². The molecule has 6 atom stereocenters. The normalized spacial score (nSPS) is 20.7. The molecule has 0 aromatic carbocycles. The number of esters is 1.